The average Bonchev–Trinajstić information content (AvgIpc) is 2.82. The molecule has 0 spiro atoms. The van der Waals surface area contributed by atoms with Crippen LogP contribution in [0.3, 0.4) is 0 Å². The van der Waals surface area contributed by atoms with Gasteiger partial charge in [-0.3, -0.25) is 9.59 Å². The highest BCUT2D eigenvalue weighted by molar-refractivity contribution is 5.79. The topological polar surface area (TPSA) is 49.4 Å². The van der Waals surface area contributed by atoms with E-state index in [0.717, 1.165) is 38.8 Å². The molecule has 1 saturated carbocycles. The van der Waals surface area contributed by atoms with Gasteiger partial charge in [0.25, 0.3) is 0 Å². The highest BCUT2D eigenvalue weighted by Crippen LogP contribution is 2.21. The van der Waals surface area contributed by atoms with E-state index in [9.17, 15) is 9.59 Å². The van der Waals surface area contributed by atoms with Crippen molar-refractivity contribution in [2.75, 3.05) is 13.1 Å². The number of hydrogen-bond acceptors (Lipinski definition) is 2. The molecule has 1 saturated heterocycles. The molecule has 2 amide bonds. The molecule has 2 fully saturated rings. The molecular weight excluding hydrogens is 216 g/mol. The monoisotopic (exact) mass is 238 g/mol. The quantitative estimate of drug-likeness (QED) is 0.788. The number of carbonyl (C=O) groups excluding carboxylic acids is 2. The smallest absolute Gasteiger partial charge is 0.223 e. The third-order valence-electron chi connectivity index (χ3n) is 4.01. The summed E-state index contributed by atoms with van der Waals surface area (Å²) in [4.78, 5) is 25.0. The molecule has 1 heterocycles. The van der Waals surface area contributed by atoms with E-state index in [-0.39, 0.29) is 17.7 Å². The fourth-order valence-electron chi connectivity index (χ4n) is 2.85. The summed E-state index contributed by atoms with van der Waals surface area (Å²) in [6, 6.07) is 0.410. The highest BCUT2D eigenvalue weighted by atomic mass is 16.2. The van der Waals surface area contributed by atoms with Crippen LogP contribution in [0.25, 0.3) is 0 Å². The Morgan fingerprint density at radius 1 is 1.06 bits per heavy atom. The lowest BCUT2D eigenvalue weighted by Gasteiger charge is -2.31. The molecule has 2 aliphatic rings. The van der Waals surface area contributed by atoms with Crippen molar-refractivity contribution in [3.8, 4) is 0 Å². The van der Waals surface area contributed by atoms with E-state index in [1.807, 2.05) is 4.90 Å². The number of carbonyl (C=O) groups is 2. The molecule has 4 heteroatoms. The molecule has 0 aromatic heterocycles. The fraction of sp³-hybridized carbons (Fsp3) is 0.846. The normalized spacial score (nSPS) is 22.8. The van der Waals surface area contributed by atoms with E-state index in [1.165, 1.54) is 12.8 Å². The Labute approximate surface area is 103 Å². The van der Waals surface area contributed by atoms with Crippen LogP contribution >= 0.6 is 0 Å². The molecule has 2 rings (SSSR count). The molecule has 0 bridgehead atoms. The van der Waals surface area contributed by atoms with Crippen LogP contribution in [0.15, 0.2) is 0 Å². The van der Waals surface area contributed by atoms with Crippen molar-refractivity contribution in [1.29, 1.82) is 0 Å². The van der Waals surface area contributed by atoms with Crippen molar-refractivity contribution in [1.82, 2.24) is 10.2 Å². The summed E-state index contributed by atoms with van der Waals surface area (Å²) in [6.07, 6.45) is 6.40. The summed E-state index contributed by atoms with van der Waals surface area (Å²) >= 11 is 0. The lowest BCUT2D eigenvalue weighted by molar-refractivity contribution is -0.134. The van der Waals surface area contributed by atoms with E-state index >= 15 is 0 Å². The minimum Gasteiger partial charge on any atom is -0.353 e. The first-order valence-electron chi connectivity index (χ1n) is 6.72. The largest absolute Gasteiger partial charge is 0.353 e. The van der Waals surface area contributed by atoms with Gasteiger partial charge in [0.2, 0.25) is 11.8 Å². The first-order valence-corrected chi connectivity index (χ1v) is 6.72. The molecular formula is C13H22N2O2. The molecule has 17 heavy (non-hydrogen) atoms. The Morgan fingerprint density at radius 2 is 1.65 bits per heavy atom. The number of rotatable bonds is 2. The molecule has 0 aromatic rings. The van der Waals surface area contributed by atoms with Crippen LogP contribution in [-0.2, 0) is 9.59 Å². The van der Waals surface area contributed by atoms with Crippen molar-refractivity contribution in [2.24, 2.45) is 5.92 Å². The summed E-state index contributed by atoms with van der Waals surface area (Å²) in [6.45, 7) is 3.06. The number of piperidine rings is 1. The third-order valence-corrected chi connectivity index (χ3v) is 4.01. The molecule has 0 atom stereocenters. The zero-order valence-electron chi connectivity index (χ0n) is 10.6. The first kappa shape index (κ1) is 12.4. The number of hydrogen-bond donors (Lipinski definition) is 1. The van der Waals surface area contributed by atoms with Crippen LogP contribution in [0.1, 0.15) is 45.4 Å². The molecule has 96 valence electrons. The van der Waals surface area contributed by atoms with Gasteiger partial charge < -0.3 is 10.2 Å². The van der Waals surface area contributed by atoms with Gasteiger partial charge in [0.15, 0.2) is 0 Å². The lowest BCUT2D eigenvalue weighted by atomic mass is 9.95. The maximum Gasteiger partial charge on any atom is 0.223 e. The van der Waals surface area contributed by atoms with E-state index in [0.29, 0.717) is 6.04 Å². The van der Waals surface area contributed by atoms with Gasteiger partial charge in [0.1, 0.15) is 0 Å². The number of nitrogens with zero attached hydrogens (tertiary/aromatic N) is 1. The molecule has 0 unspecified atom stereocenters. The number of amides is 2. The second kappa shape index (κ2) is 5.52. The second-order valence-electron chi connectivity index (χ2n) is 5.27. The molecule has 0 aromatic carbocycles. The highest BCUT2D eigenvalue weighted by Gasteiger charge is 2.27. The molecule has 1 aliphatic heterocycles. The van der Waals surface area contributed by atoms with Gasteiger partial charge in [-0.15, -0.1) is 0 Å². The van der Waals surface area contributed by atoms with Gasteiger partial charge in [-0.1, -0.05) is 12.8 Å². The van der Waals surface area contributed by atoms with E-state index in [2.05, 4.69) is 5.32 Å². The number of nitrogens with one attached hydrogen (secondary N) is 1. The van der Waals surface area contributed by atoms with Crippen LogP contribution in [0, 0.1) is 5.92 Å². The zero-order chi connectivity index (χ0) is 12.3. The standard InChI is InChI=1S/C13H22N2O2/c1-10(16)15-8-6-11(7-9-15)13(17)14-12-4-2-3-5-12/h11-12H,2-9H2,1H3,(H,14,17). The van der Waals surface area contributed by atoms with Crippen LogP contribution in [-0.4, -0.2) is 35.8 Å². The van der Waals surface area contributed by atoms with Crippen molar-refractivity contribution >= 4 is 11.8 Å². The zero-order valence-corrected chi connectivity index (χ0v) is 10.6. The second-order valence-corrected chi connectivity index (χ2v) is 5.27. The Morgan fingerprint density at radius 3 is 2.18 bits per heavy atom. The van der Waals surface area contributed by atoms with Crippen LogP contribution in [0.2, 0.25) is 0 Å². The van der Waals surface area contributed by atoms with Gasteiger partial charge in [0.05, 0.1) is 0 Å². The van der Waals surface area contributed by atoms with E-state index < -0.39 is 0 Å². The van der Waals surface area contributed by atoms with Crippen LogP contribution in [0.5, 0.6) is 0 Å². The predicted octanol–water partition coefficient (Wildman–Crippen LogP) is 1.30. The molecule has 1 N–H and O–H groups in total. The molecule has 0 radical (unpaired) electrons. The van der Waals surface area contributed by atoms with Crippen LogP contribution in [0.4, 0.5) is 0 Å². The number of likely N-dealkylation sites (tertiary alicyclic amines) is 1. The van der Waals surface area contributed by atoms with Gasteiger partial charge in [-0.25, -0.2) is 0 Å². The first-order chi connectivity index (χ1) is 8.16. The third kappa shape index (κ3) is 3.20. The van der Waals surface area contributed by atoms with Gasteiger partial charge >= 0.3 is 0 Å². The summed E-state index contributed by atoms with van der Waals surface area (Å²) in [5, 5.41) is 3.15. The maximum absolute atomic E-state index is 12.0. The van der Waals surface area contributed by atoms with Crippen molar-refractivity contribution in [3.63, 3.8) is 0 Å². The van der Waals surface area contributed by atoms with Crippen molar-refractivity contribution in [2.45, 2.75) is 51.5 Å². The Kier molecular flexibility index (Phi) is 4.02. The summed E-state index contributed by atoms with van der Waals surface area (Å²) in [7, 11) is 0. The van der Waals surface area contributed by atoms with E-state index in [1.54, 1.807) is 6.92 Å². The summed E-state index contributed by atoms with van der Waals surface area (Å²) < 4.78 is 0. The summed E-state index contributed by atoms with van der Waals surface area (Å²) in [5.41, 5.74) is 0. The van der Waals surface area contributed by atoms with Crippen molar-refractivity contribution < 1.29 is 9.59 Å². The molecule has 1 aliphatic carbocycles. The maximum atomic E-state index is 12.0. The minimum absolute atomic E-state index is 0.117. The predicted molar refractivity (Wildman–Crippen MR) is 65.4 cm³/mol. The molecule has 4 nitrogen and oxygen atoms in total. The summed E-state index contributed by atoms with van der Waals surface area (Å²) in [5.74, 6) is 0.450. The van der Waals surface area contributed by atoms with Gasteiger partial charge in [0, 0.05) is 32.0 Å². The average molecular weight is 238 g/mol. The van der Waals surface area contributed by atoms with Gasteiger partial charge in [-0.2, -0.15) is 0 Å². The van der Waals surface area contributed by atoms with Crippen molar-refractivity contribution in [3.05, 3.63) is 0 Å². The fourth-order valence-corrected chi connectivity index (χ4v) is 2.85. The Balaban J connectivity index is 1.75. The minimum atomic E-state index is 0.117. The van der Waals surface area contributed by atoms with Crippen LogP contribution < -0.4 is 5.32 Å². The lowest BCUT2D eigenvalue weighted by Crippen LogP contribution is -2.44. The van der Waals surface area contributed by atoms with E-state index in [4.69, 9.17) is 0 Å². The Bertz CT molecular complexity index is 290. The Hall–Kier alpha value is -1.06. The van der Waals surface area contributed by atoms with Gasteiger partial charge in [-0.05, 0) is 25.7 Å². The SMILES string of the molecule is CC(=O)N1CCC(C(=O)NC2CCCC2)CC1.